The number of nitriles is 1. The van der Waals surface area contributed by atoms with E-state index in [2.05, 4.69) is 32.2 Å². The molecule has 1 aromatic rings. The molecular weight excluding hydrogens is 440 g/mol. The molecule has 0 aliphatic heterocycles. The predicted octanol–water partition coefficient (Wildman–Crippen LogP) is 7.75. The van der Waals surface area contributed by atoms with E-state index in [4.69, 9.17) is 5.26 Å². The monoisotopic (exact) mass is 486 g/mol. The van der Waals surface area contributed by atoms with Crippen molar-refractivity contribution in [2.45, 2.75) is 104 Å². The molecule has 0 saturated heterocycles. The molecule has 0 heterocycles. The molecule has 36 heavy (non-hydrogen) atoms. The molecule has 5 fully saturated rings. The van der Waals surface area contributed by atoms with Crippen molar-refractivity contribution in [1.29, 1.82) is 5.26 Å². The molecule has 0 aromatic heterocycles. The van der Waals surface area contributed by atoms with Crippen LogP contribution in [-0.2, 0) is 0 Å². The van der Waals surface area contributed by atoms with Crippen molar-refractivity contribution < 1.29 is 4.79 Å². The number of nitrogens with zero attached hydrogens (tertiary/aromatic N) is 1. The Bertz CT molecular complexity index is 1020. The largest absolute Gasteiger partial charge is 0.349 e. The lowest BCUT2D eigenvalue weighted by Gasteiger charge is -2.64. The summed E-state index contributed by atoms with van der Waals surface area (Å²) in [5, 5.41) is 12.5. The van der Waals surface area contributed by atoms with Crippen molar-refractivity contribution in [3.63, 3.8) is 0 Å². The zero-order chi connectivity index (χ0) is 25.1. The normalized spacial score (nSPS) is 42.7. The Morgan fingerprint density at radius 2 is 1.69 bits per heavy atom. The molecule has 3 nitrogen and oxygen atoms in total. The Kier molecular flexibility index (Phi) is 6.25. The molecule has 0 spiro atoms. The third-order valence-electron chi connectivity index (χ3n) is 12.3. The van der Waals surface area contributed by atoms with Crippen LogP contribution in [-0.4, -0.2) is 11.9 Å². The number of nitrogens with one attached hydrogen (secondary N) is 1. The summed E-state index contributed by atoms with van der Waals surface area (Å²) in [5.74, 6) is 6.27. The Hall–Kier alpha value is -1.82. The predicted molar refractivity (Wildman–Crippen MR) is 144 cm³/mol. The summed E-state index contributed by atoms with van der Waals surface area (Å²) in [4.78, 5) is 13.1. The summed E-state index contributed by atoms with van der Waals surface area (Å²) < 4.78 is 0. The zero-order valence-electron chi connectivity index (χ0n) is 22.8. The van der Waals surface area contributed by atoms with Gasteiger partial charge in [-0.1, -0.05) is 26.7 Å². The molecule has 1 N–H and O–H groups in total. The van der Waals surface area contributed by atoms with Crippen LogP contribution in [0.25, 0.3) is 0 Å². The van der Waals surface area contributed by atoms with E-state index in [-0.39, 0.29) is 11.9 Å². The maximum atomic E-state index is 13.1. The van der Waals surface area contributed by atoms with Gasteiger partial charge in [-0.05, 0) is 148 Å². The number of hydrogen-bond donors (Lipinski definition) is 1. The molecule has 2 unspecified atom stereocenters. The molecule has 0 bridgehead atoms. The molecule has 5 aliphatic carbocycles. The number of rotatable bonds is 4. The highest BCUT2D eigenvalue weighted by molar-refractivity contribution is 5.94. The van der Waals surface area contributed by atoms with Gasteiger partial charge in [0.25, 0.3) is 5.91 Å². The second-order valence-electron chi connectivity index (χ2n) is 14.0. The first-order valence-electron chi connectivity index (χ1n) is 15.2. The van der Waals surface area contributed by atoms with Gasteiger partial charge in [0.2, 0.25) is 0 Å². The maximum absolute atomic E-state index is 13.1. The van der Waals surface area contributed by atoms with E-state index in [0.717, 1.165) is 35.5 Å². The van der Waals surface area contributed by atoms with Crippen LogP contribution < -0.4 is 5.32 Å². The van der Waals surface area contributed by atoms with Crippen molar-refractivity contribution in [3.05, 3.63) is 35.4 Å². The fourth-order valence-corrected chi connectivity index (χ4v) is 10.7. The van der Waals surface area contributed by atoms with Crippen molar-refractivity contribution in [2.75, 3.05) is 0 Å². The SMILES string of the molecule is C[C@H]1CC[C@@H]2C3CC[C@@]4(C)C(CCC[C@@H]4[C@H](C)NC(=O)c4ccc(C#N)cc4)[C@@H]3CC[C@]2(C2CC2)C1. The van der Waals surface area contributed by atoms with Crippen LogP contribution in [0.15, 0.2) is 24.3 Å². The zero-order valence-corrected chi connectivity index (χ0v) is 22.8. The average molecular weight is 487 g/mol. The molecule has 3 heteroatoms. The van der Waals surface area contributed by atoms with Gasteiger partial charge >= 0.3 is 0 Å². The van der Waals surface area contributed by atoms with Crippen molar-refractivity contribution >= 4 is 5.91 Å². The Morgan fingerprint density at radius 3 is 2.42 bits per heavy atom. The highest BCUT2D eigenvalue weighted by atomic mass is 16.1. The van der Waals surface area contributed by atoms with Gasteiger partial charge in [-0.2, -0.15) is 5.26 Å². The van der Waals surface area contributed by atoms with E-state index in [9.17, 15) is 4.79 Å². The van der Waals surface area contributed by atoms with E-state index in [1.807, 2.05) is 0 Å². The number of hydrogen-bond acceptors (Lipinski definition) is 2. The van der Waals surface area contributed by atoms with Crippen LogP contribution in [0.2, 0.25) is 0 Å². The summed E-state index contributed by atoms with van der Waals surface area (Å²) in [6.07, 6.45) is 17.3. The molecule has 5 aliphatic rings. The van der Waals surface area contributed by atoms with E-state index < -0.39 is 0 Å². The van der Waals surface area contributed by atoms with Gasteiger partial charge < -0.3 is 5.32 Å². The van der Waals surface area contributed by atoms with Gasteiger partial charge in [-0.3, -0.25) is 4.79 Å². The smallest absolute Gasteiger partial charge is 0.251 e. The summed E-state index contributed by atoms with van der Waals surface area (Å²) in [5.41, 5.74) is 2.31. The van der Waals surface area contributed by atoms with Crippen molar-refractivity contribution in [3.8, 4) is 6.07 Å². The summed E-state index contributed by atoms with van der Waals surface area (Å²) >= 11 is 0. The fourth-order valence-electron chi connectivity index (χ4n) is 10.7. The molecule has 9 atom stereocenters. The van der Waals surface area contributed by atoms with E-state index in [1.54, 1.807) is 24.3 Å². The third kappa shape index (κ3) is 3.93. The molecule has 1 amide bonds. The second kappa shape index (κ2) is 9.18. The summed E-state index contributed by atoms with van der Waals surface area (Å²) in [6, 6.07) is 9.39. The first-order valence-corrected chi connectivity index (χ1v) is 15.2. The van der Waals surface area contributed by atoms with Gasteiger partial charge in [-0.15, -0.1) is 0 Å². The second-order valence-corrected chi connectivity index (χ2v) is 14.0. The Labute approximate surface area is 218 Å². The Morgan fingerprint density at radius 1 is 0.972 bits per heavy atom. The van der Waals surface area contributed by atoms with Crippen molar-refractivity contribution in [2.24, 2.45) is 52.3 Å². The van der Waals surface area contributed by atoms with Crippen molar-refractivity contribution in [1.82, 2.24) is 5.32 Å². The van der Waals surface area contributed by atoms with E-state index in [0.29, 0.717) is 27.9 Å². The molecule has 1 aromatic carbocycles. The van der Waals surface area contributed by atoms with Gasteiger partial charge in [-0.25, -0.2) is 0 Å². The lowest BCUT2D eigenvalue weighted by atomic mass is 9.41. The number of fused-ring (bicyclic) bond motifs is 5. The van der Waals surface area contributed by atoms with Gasteiger partial charge in [0, 0.05) is 11.6 Å². The molecular formula is C33H46N2O. The van der Waals surface area contributed by atoms with Gasteiger partial charge in [0.05, 0.1) is 11.6 Å². The number of benzene rings is 1. The fraction of sp³-hybridized carbons (Fsp3) is 0.758. The molecule has 194 valence electrons. The highest BCUT2D eigenvalue weighted by Gasteiger charge is 2.62. The first-order chi connectivity index (χ1) is 17.4. The van der Waals surface area contributed by atoms with Gasteiger partial charge in [0.1, 0.15) is 0 Å². The summed E-state index contributed by atoms with van der Waals surface area (Å²) in [7, 11) is 0. The number of amides is 1. The first kappa shape index (κ1) is 24.5. The third-order valence-corrected chi connectivity index (χ3v) is 12.3. The highest BCUT2D eigenvalue weighted by Crippen LogP contribution is 2.70. The van der Waals surface area contributed by atoms with Gasteiger partial charge in [0.15, 0.2) is 0 Å². The van der Waals surface area contributed by atoms with Crippen LogP contribution in [0.5, 0.6) is 0 Å². The standard InChI is InChI=1S/C33H46N2O/c1-21-7-14-30-27-15-17-32(3)28(22(2)35-31(36)24-10-8-23(20-34)9-11-24)5-4-6-29(32)26(27)16-18-33(30,19-21)25-12-13-25/h8-11,21-22,25-30H,4-7,12-19H2,1-3H3,(H,35,36)/t21-,22-,26+,27?,28+,29?,30+,32+,33+/m0/s1. The minimum Gasteiger partial charge on any atom is -0.349 e. The van der Waals surface area contributed by atoms with Crippen LogP contribution in [0.3, 0.4) is 0 Å². The van der Waals surface area contributed by atoms with Crippen LogP contribution in [0.1, 0.15) is 114 Å². The van der Waals surface area contributed by atoms with E-state index >= 15 is 0 Å². The average Bonchev–Trinajstić information content (AvgIpc) is 3.73. The van der Waals surface area contributed by atoms with E-state index in [1.165, 1.54) is 77.0 Å². The lowest BCUT2D eigenvalue weighted by molar-refractivity contribution is -0.147. The quantitative estimate of drug-likeness (QED) is 0.473. The minimum absolute atomic E-state index is 0.00890. The van der Waals surface area contributed by atoms with Crippen LogP contribution in [0, 0.1) is 63.6 Å². The molecule has 5 saturated carbocycles. The Balaban J connectivity index is 1.19. The minimum atomic E-state index is 0.00890. The number of carbonyl (C=O) groups excluding carboxylic acids is 1. The lowest BCUT2D eigenvalue weighted by Crippen LogP contribution is -2.58. The number of carbonyl (C=O) groups is 1. The molecule has 0 radical (unpaired) electrons. The summed E-state index contributed by atoms with van der Waals surface area (Å²) in [6.45, 7) is 7.39. The van der Waals surface area contributed by atoms with Crippen LogP contribution in [0.4, 0.5) is 0 Å². The maximum Gasteiger partial charge on any atom is 0.251 e. The van der Waals surface area contributed by atoms with Crippen LogP contribution >= 0.6 is 0 Å². The molecule has 6 rings (SSSR count). The topological polar surface area (TPSA) is 52.9 Å².